The third-order valence-corrected chi connectivity index (χ3v) is 4.43. The van der Waals surface area contributed by atoms with Crippen molar-refractivity contribution in [3.8, 4) is 5.75 Å². The lowest BCUT2D eigenvalue weighted by Crippen LogP contribution is -1.98. The van der Waals surface area contributed by atoms with Gasteiger partial charge < -0.3 is 4.74 Å². The molecule has 114 valence electrons. The van der Waals surface area contributed by atoms with Gasteiger partial charge in [-0.1, -0.05) is 54.1 Å². The summed E-state index contributed by atoms with van der Waals surface area (Å²) in [5.74, 6) is 0.732. The van der Waals surface area contributed by atoms with Crippen molar-refractivity contribution in [3.05, 3.63) is 77.2 Å². The van der Waals surface area contributed by atoms with Gasteiger partial charge in [-0.05, 0) is 35.4 Å². The Hall–Kier alpha value is -2.52. The Morgan fingerprint density at radius 1 is 1.04 bits per heavy atom. The van der Waals surface area contributed by atoms with Crippen molar-refractivity contribution >= 4 is 28.0 Å². The lowest BCUT2D eigenvalue weighted by molar-refractivity contribution is 0.309. The average molecular weight is 323 g/mol. The fraction of sp³-hybridized carbons (Fsp3) is 0.105. The molecule has 0 saturated heterocycles. The second kappa shape index (κ2) is 5.60. The van der Waals surface area contributed by atoms with Crippen molar-refractivity contribution in [3.63, 3.8) is 0 Å². The fourth-order valence-electron chi connectivity index (χ4n) is 2.81. The number of halogens is 1. The van der Waals surface area contributed by atoms with Crippen molar-refractivity contribution < 1.29 is 4.74 Å². The molecule has 0 aliphatic carbocycles. The molecule has 0 fully saturated rings. The number of ether oxygens (including phenoxy) is 1. The molecule has 0 aliphatic rings. The zero-order chi connectivity index (χ0) is 15.8. The first-order valence-electron chi connectivity index (χ1n) is 7.46. The van der Waals surface area contributed by atoms with Crippen LogP contribution < -0.4 is 4.74 Å². The minimum absolute atomic E-state index is 0.491. The molecule has 4 heteroatoms. The maximum atomic E-state index is 6.25. The van der Waals surface area contributed by atoms with Crippen LogP contribution in [-0.4, -0.2) is 9.38 Å². The van der Waals surface area contributed by atoms with Crippen LogP contribution in [0.4, 0.5) is 0 Å². The first-order valence-corrected chi connectivity index (χ1v) is 7.84. The minimum Gasteiger partial charge on any atom is -0.485 e. The molecule has 4 rings (SSSR count). The second-order valence-electron chi connectivity index (χ2n) is 5.48. The van der Waals surface area contributed by atoms with Crippen LogP contribution in [0.1, 0.15) is 11.3 Å². The molecular formula is C19H15ClN2O. The van der Waals surface area contributed by atoms with Crippen LogP contribution in [0.25, 0.3) is 16.4 Å². The van der Waals surface area contributed by atoms with E-state index in [0.717, 1.165) is 22.7 Å². The summed E-state index contributed by atoms with van der Waals surface area (Å²) < 4.78 is 7.88. The molecule has 0 amide bonds. The summed E-state index contributed by atoms with van der Waals surface area (Å²) in [6.45, 7) is 2.38. The quantitative estimate of drug-likeness (QED) is 0.529. The molecule has 4 aromatic rings. The third kappa shape index (κ3) is 2.43. The van der Waals surface area contributed by atoms with Gasteiger partial charge in [-0.15, -0.1) is 0 Å². The number of benzene rings is 2. The van der Waals surface area contributed by atoms with Gasteiger partial charge in [0, 0.05) is 6.20 Å². The van der Waals surface area contributed by atoms with E-state index in [1.54, 1.807) is 0 Å². The number of hydrogen-bond acceptors (Lipinski definition) is 2. The lowest BCUT2D eigenvalue weighted by Gasteiger charge is -2.10. The SMILES string of the molecule is Cc1nc2c(OCc3cccc4ccccc34)cccn2c1Cl. The Kier molecular flexibility index (Phi) is 3.43. The monoisotopic (exact) mass is 322 g/mol. The fourth-order valence-corrected chi connectivity index (χ4v) is 2.99. The average Bonchev–Trinajstić information content (AvgIpc) is 2.88. The predicted molar refractivity (Wildman–Crippen MR) is 93.2 cm³/mol. The predicted octanol–water partition coefficient (Wildman–Crippen LogP) is 5.03. The van der Waals surface area contributed by atoms with Crippen molar-refractivity contribution in [2.24, 2.45) is 0 Å². The summed E-state index contributed by atoms with van der Waals surface area (Å²) in [5.41, 5.74) is 2.70. The van der Waals surface area contributed by atoms with E-state index in [1.165, 1.54) is 10.8 Å². The van der Waals surface area contributed by atoms with E-state index in [9.17, 15) is 0 Å². The summed E-state index contributed by atoms with van der Waals surface area (Å²) in [7, 11) is 0. The molecule has 0 spiro atoms. The first-order chi connectivity index (χ1) is 11.2. The number of imidazole rings is 1. The highest BCUT2D eigenvalue weighted by Gasteiger charge is 2.11. The van der Waals surface area contributed by atoms with Gasteiger partial charge in [0.2, 0.25) is 0 Å². The molecule has 2 aromatic heterocycles. The van der Waals surface area contributed by atoms with Crippen molar-refractivity contribution in [2.45, 2.75) is 13.5 Å². The molecule has 0 unspecified atom stereocenters. The molecule has 2 heterocycles. The summed E-state index contributed by atoms with van der Waals surface area (Å²) in [6, 6.07) is 18.4. The molecule has 23 heavy (non-hydrogen) atoms. The molecule has 3 nitrogen and oxygen atoms in total. The molecule has 0 atom stereocenters. The number of pyridine rings is 1. The Balaban J connectivity index is 1.70. The topological polar surface area (TPSA) is 26.5 Å². The number of fused-ring (bicyclic) bond motifs is 2. The van der Waals surface area contributed by atoms with Gasteiger partial charge in [0.1, 0.15) is 11.8 Å². The maximum Gasteiger partial charge on any atom is 0.181 e. The van der Waals surface area contributed by atoms with Gasteiger partial charge in [0.25, 0.3) is 0 Å². The Morgan fingerprint density at radius 3 is 2.78 bits per heavy atom. The molecular weight excluding hydrogens is 308 g/mol. The lowest BCUT2D eigenvalue weighted by atomic mass is 10.1. The van der Waals surface area contributed by atoms with Crippen molar-refractivity contribution in [2.75, 3.05) is 0 Å². The number of rotatable bonds is 3. The highest BCUT2D eigenvalue weighted by atomic mass is 35.5. The van der Waals surface area contributed by atoms with Gasteiger partial charge in [0.05, 0.1) is 5.69 Å². The molecule has 0 aliphatic heterocycles. The van der Waals surface area contributed by atoms with E-state index in [4.69, 9.17) is 16.3 Å². The van der Waals surface area contributed by atoms with Crippen molar-refractivity contribution in [1.29, 1.82) is 0 Å². The smallest absolute Gasteiger partial charge is 0.181 e. The zero-order valence-electron chi connectivity index (χ0n) is 12.7. The van der Waals surface area contributed by atoms with E-state index in [-0.39, 0.29) is 0 Å². The number of nitrogens with zero attached hydrogens (tertiary/aromatic N) is 2. The molecule has 0 bridgehead atoms. The van der Waals surface area contributed by atoms with Crippen molar-refractivity contribution in [1.82, 2.24) is 9.38 Å². The van der Waals surface area contributed by atoms with Gasteiger partial charge in [-0.3, -0.25) is 4.40 Å². The Morgan fingerprint density at radius 2 is 1.87 bits per heavy atom. The highest BCUT2D eigenvalue weighted by molar-refractivity contribution is 6.30. The Bertz CT molecular complexity index is 1000. The van der Waals surface area contributed by atoms with Crippen LogP contribution in [-0.2, 0) is 6.61 Å². The molecule has 0 radical (unpaired) electrons. The highest BCUT2D eigenvalue weighted by Crippen LogP contribution is 2.26. The van der Waals surface area contributed by atoms with E-state index < -0.39 is 0 Å². The van der Waals surface area contributed by atoms with E-state index in [1.807, 2.05) is 41.8 Å². The zero-order valence-corrected chi connectivity index (χ0v) is 13.4. The third-order valence-electron chi connectivity index (χ3n) is 3.98. The van der Waals surface area contributed by atoms with Crippen LogP contribution >= 0.6 is 11.6 Å². The van der Waals surface area contributed by atoms with Crippen LogP contribution in [0.2, 0.25) is 5.15 Å². The van der Waals surface area contributed by atoms with E-state index in [0.29, 0.717) is 11.8 Å². The number of hydrogen-bond donors (Lipinski definition) is 0. The van der Waals surface area contributed by atoms with Crippen LogP contribution in [0.3, 0.4) is 0 Å². The van der Waals surface area contributed by atoms with E-state index >= 15 is 0 Å². The van der Waals surface area contributed by atoms with Crippen LogP contribution in [0.5, 0.6) is 5.75 Å². The van der Waals surface area contributed by atoms with Gasteiger partial charge in [-0.2, -0.15) is 0 Å². The summed E-state index contributed by atoms with van der Waals surface area (Å²) in [5, 5.41) is 3.04. The molecule has 0 N–H and O–H groups in total. The maximum absolute atomic E-state index is 6.25. The van der Waals surface area contributed by atoms with Crippen LogP contribution in [0, 0.1) is 6.92 Å². The largest absolute Gasteiger partial charge is 0.485 e. The summed E-state index contributed by atoms with van der Waals surface area (Å²) >= 11 is 6.25. The summed E-state index contributed by atoms with van der Waals surface area (Å²) in [4.78, 5) is 4.49. The normalized spacial score (nSPS) is 11.2. The molecule has 2 aromatic carbocycles. The minimum atomic E-state index is 0.491. The standard InChI is InChI=1S/C19H15ClN2O/c1-13-18(20)22-11-5-10-17(19(22)21-13)23-12-15-8-4-7-14-6-2-3-9-16(14)15/h2-11H,12H2,1H3. The summed E-state index contributed by atoms with van der Waals surface area (Å²) in [6.07, 6.45) is 1.89. The van der Waals surface area contributed by atoms with Crippen LogP contribution in [0.15, 0.2) is 60.8 Å². The van der Waals surface area contributed by atoms with E-state index in [2.05, 4.69) is 35.3 Å². The first kappa shape index (κ1) is 14.1. The Labute approximate surface area is 139 Å². The molecule has 0 saturated carbocycles. The number of aromatic nitrogens is 2. The second-order valence-corrected chi connectivity index (χ2v) is 5.84. The number of aryl methyl sites for hydroxylation is 1. The van der Waals surface area contributed by atoms with Gasteiger partial charge >= 0.3 is 0 Å². The van der Waals surface area contributed by atoms with Gasteiger partial charge in [0.15, 0.2) is 11.4 Å². The van der Waals surface area contributed by atoms with Gasteiger partial charge in [-0.25, -0.2) is 4.98 Å².